The predicted molar refractivity (Wildman–Crippen MR) is 62.7 cm³/mol. The van der Waals surface area contributed by atoms with E-state index < -0.39 is 0 Å². The lowest BCUT2D eigenvalue weighted by molar-refractivity contribution is -0.117. The van der Waals surface area contributed by atoms with Crippen molar-refractivity contribution in [3.05, 3.63) is 11.6 Å². The number of hydrogen-bond acceptors (Lipinski definition) is 2. The zero-order chi connectivity index (χ0) is 11.1. The summed E-state index contributed by atoms with van der Waals surface area (Å²) in [5.74, 6) is 0.694. The highest BCUT2D eigenvalue weighted by atomic mass is 16.1. The van der Waals surface area contributed by atoms with Gasteiger partial charge >= 0.3 is 0 Å². The van der Waals surface area contributed by atoms with Crippen molar-refractivity contribution in [3.8, 4) is 0 Å². The standard InChI is InChI=1S/C12H22N2O/c1-3-5-10(2)12(15)14-9-11-6-4-7-13-8-11/h5,11,13H,3-4,6-9H2,1-2H3,(H,14,15)/b10-5-/t11-/m0/s1. The maximum absolute atomic E-state index is 11.6. The molecule has 3 nitrogen and oxygen atoms in total. The van der Waals surface area contributed by atoms with Crippen LogP contribution in [-0.4, -0.2) is 25.5 Å². The zero-order valence-electron chi connectivity index (χ0n) is 9.81. The second kappa shape index (κ2) is 6.62. The minimum absolute atomic E-state index is 0.0856. The van der Waals surface area contributed by atoms with Crippen molar-refractivity contribution in [2.24, 2.45) is 5.92 Å². The molecule has 0 aromatic rings. The van der Waals surface area contributed by atoms with Gasteiger partial charge in [-0.1, -0.05) is 13.0 Å². The molecule has 1 rings (SSSR count). The monoisotopic (exact) mass is 210 g/mol. The van der Waals surface area contributed by atoms with Crippen LogP contribution in [0.1, 0.15) is 33.1 Å². The van der Waals surface area contributed by atoms with E-state index in [1.165, 1.54) is 12.8 Å². The molecule has 3 heteroatoms. The van der Waals surface area contributed by atoms with Gasteiger partial charge in [0.2, 0.25) is 5.91 Å². The van der Waals surface area contributed by atoms with E-state index in [-0.39, 0.29) is 5.91 Å². The summed E-state index contributed by atoms with van der Waals surface area (Å²) < 4.78 is 0. The average molecular weight is 210 g/mol. The fourth-order valence-corrected chi connectivity index (χ4v) is 1.87. The Morgan fingerprint density at radius 3 is 3.00 bits per heavy atom. The van der Waals surface area contributed by atoms with Gasteiger partial charge in [-0.2, -0.15) is 0 Å². The van der Waals surface area contributed by atoms with Gasteiger partial charge in [0.05, 0.1) is 0 Å². The molecule has 0 radical (unpaired) electrons. The van der Waals surface area contributed by atoms with E-state index in [1.54, 1.807) is 0 Å². The smallest absolute Gasteiger partial charge is 0.246 e. The largest absolute Gasteiger partial charge is 0.352 e. The number of hydrogen-bond donors (Lipinski definition) is 2. The summed E-state index contributed by atoms with van der Waals surface area (Å²) >= 11 is 0. The number of nitrogens with one attached hydrogen (secondary N) is 2. The normalized spacial score (nSPS) is 22.5. The number of allylic oxidation sites excluding steroid dienone is 1. The van der Waals surface area contributed by atoms with Crippen LogP contribution in [0.2, 0.25) is 0 Å². The molecule has 86 valence electrons. The molecular formula is C12H22N2O. The average Bonchev–Trinajstić information content (AvgIpc) is 2.27. The van der Waals surface area contributed by atoms with Crippen molar-refractivity contribution >= 4 is 5.91 Å². The molecule has 1 heterocycles. The molecule has 1 atom stereocenters. The summed E-state index contributed by atoms with van der Waals surface area (Å²) in [6.45, 7) is 6.89. The Morgan fingerprint density at radius 2 is 2.40 bits per heavy atom. The van der Waals surface area contributed by atoms with Crippen molar-refractivity contribution in [1.29, 1.82) is 0 Å². The Bertz CT molecular complexity index is 230. The lowest BCUT2D eigenvalue weighted by atomic mass is 10.00. The highest BCUT2D eigenvalue weighted by Crippen LogP contribution is 2.08. The fourth-order valence-electron chi connectivity index (χ4n) is 1.87. The van der Waals surface area contributed by atoms with Crippen LogP contribution in [0, 0.1) is 5.92 Å². The van der Waals surface area contributed by atoms with E-state index >= 15 is 0 Å². The Hall–Kier alpha value is -0.830. The van der Waals surface area contributed by atoms with Crippen molar-refractivity contribution in [2.75, 3.05) is 19.6 Å². The van der Waals surface area contributed by atoms with Crippen LogP contribution in [0.25, 0.3) is 0 Å². The molecule has 2 N–H and O–H groups in total. The quantitative estimate of drug-likeness (QED) is 0.690. The van der Waals surface area contributed by atoms with Gasteiger partial charge < -0.3 is 10.6 Å². The Kier molecular flexibility index (Phi) is 5.40. The van der Waals surface area contributed by atoms with Crippen LogP contribution in [0.15, 0.2) is 11.6 Å². The Morgan fingerprint density at radius 1 is 1.60 bits per heavy atom. The lowest BCUT2D eigenvalue weighted by Crippen LogP contribution is -2.38. The summed E-state index contributed by atoms with van der Waals surface area (Å²) in [4.78, 5) is 11.6. The summed E-state index contributed by atoms with van der Waals surface area (Å²) in [5.41, 5.74) is 0.835. The molecule has 0 aromatic heterocycles. The SMILES string of the molecule is CC/C=C(/C)C(=O)NC[C@H]1CCCNC1. The number of piperidine rings is 1. The van der Waals surface area contributed by atoms with Gasteiger partial charge in [-0.05, 0) is 45.2 Å². The highest BCUT2D eigenvalue weighted by molar-refractivity contribution is 5.92. The van der Waals surface area contributed by atoms with E-state index in [4.69, 9.17) is 0 Å². The first-order valence-electron chi connectivity index (χ1n) is 5.89. The molecule has 1 aliphatic rings. The van der Waals surface area contributed by atoms with Crippen LogP contribution in [0.5, 0.6) is 0 Å². The fraction of sp³-hybridized carbons (Fsp3) is 0.750. The summed E-state index contributed by atoms with van der Waals surface area (Å²) in [5, 5.41) is 6.34. The number of carbonyl (C=O) groups is 1. The maximum atomic E-state index is 11.6. The minimum atomic E-state index is 0.0856. The van der Waals surface area contributed by atoms with Gasteiger partial charge in [0.1, 0.15) is 0 Å². The van der Waals surface area contributed by atoms with E-state index in [9.17, 15) is 4.79 Å². The van der Waals surface area contributed by atoms with Crippen LogP contribution in [0.4, 0.5) is 0 Å². The molecule has 15 heavy (non-hydrogen) atoms. The summed E-state index contributed by atoms with van der Waals surface area (Å²) in [6, 6.07) is 0. The van der Waals surface area contributed by atoms with E-state index in [1.807, 2.05) is 19.9 Å². The first kappa shape index (κ1) is 12.2. The van der Waals surface area contributed by atoms with Crippen LogP contribution < -0.4 is 10.6 Å². The van der Waals surface area contributed by atoms with Gasteiger partial charge in [-0.15, -0.1) is 0 Å². The second-order valence-corrected chi connectivity index (χ2v) is 4.22. The number of carbonyl (C=O) groups excluding carboxylic acids is 1. The highest BCUT2D eigenvalue weighted by Gasteiger charge is 2.13. The predicted octanol–water partition coefficient (Wildman–Crippen LogP) is 1.46. The third-order valence-corrected chi connectivity index (χ3v) is 2.82. The first-order chi connectivity index (χ1) is 7.24. The van der Waals surface area contributed by atoms with Crippen LogP contribution >= 0.6 is 0 Å². The molecule has 1 saturated heterocycles. The molecular weight excluding hydrogens is 188 g/mol. The summed E-state index contributed by atoms with van der Waals surface area (Å²) in [7, 11) is 0. The van der Waals surface area contributed by atoms with Gasteiger partial charge in [0.15, 0.2) is 0 Å². The van der Waals surface area contributed by atoms with Crippen molar-refractivity contribution in [2.45, 2.75) is 33.1 Å². The zero-order valence-corrected chi connectivity index (χ0v) is 9.81. The maximum Gasteiger partial charge on any atom is 0.246 e. The van der Waals surface area contributed by atoms with E-state index in [0.717, 1.165) is 31.6 Å². The molecule has 0 aliphatic carbocycles. The number of amides is 1. The second-order valence-electron chi connectivity index (χ2n) is 4.22. The van der Waals surface area contributed by atoms with E-state index in [2.05, 4.69) is 10.6 Å². The van der Waals surface area contributed by atoms with Gasteiger partial charge in [-0.3, -0.25) is 4.79 Å². The topological polar surface area (TPSA) is 41.1 Å². The van der Waals surface area contributed by atoms with Gasteiger partial charge in [0, 0.05) is 12.1 Å². The molecule has 1 amide bonds. The summed E-state index contributed by atoms with van der Waals surface area (Å²) in [6.07, 6.45) is 5.34. The van der Waals surface area contributed by atoms with Gasteiger partial charge in [-0.25, -0.2) is 0 Å². The lowest BCUT2D eigenvalue weighted by Gasteiger charge is -2.22. The number of rotatable bonds is 4. The first-order valence-corrected chi connectivity index (χ1v) is 5.89. The molecule has 0 bridgehead atoms. The molecule has 0 saturated carbocycles. The minimum Gasteiger partial charge on any atom is -0.352 e. The van der Waals surface area contributed by atoms with Crippen molar-refractivity contribution in [3.63, 3.8) is 0 Å². The van der Waals surface area contributed by atoms with Crippen LogP contribution in [0.3, 0.4) is 0 Å². The molecule has 0 spiro atoms. The molecule has 1 aliphatic heterocycles. The van der Waals surface area contributed by atoms with Crippen molar-refractivity contribution < 1.29 is 4.79 Å². The third kappa shape index (κ3) is 4.47. The Labute approximate surface area is 92.3 Å². The Balaban J connectivity index is 2.23. The van der Waals surface area contributed by atoms with Gasteiger partial charge in [0.25, 0.3) is 0 Å². The molecule has 0 unspecified atom stereocenters. The molecule has 1 fully saturated rings. The molecule has 0 aromatic carbocycles. The third-order valence-electron chi connectivity index (χ3n) is 2.82. The van der Waals surface area contributed by atoms with Crippen molar-refractivity contribution in [1.82, 2.24) is 10.6 Å². The van der Waals surface area contributed by atoms with Crippen LogP contribution in [-0.2, 0) is 4.79 Å². The van der Waals surface area contributed by atoms with E-state index in [0.29, 0.717) is 5.92 Å².